The molecule has 0 aliphatic heterocycles. The van der Waals surface area contributed by atoms with E-state index in [1.165, 1.54) is 0 Å². The smallest absolute Gasteiger partial charge is 0.0347 e. The van der Waals surface area contributed by atoms with Gasteiger partial charge in [0.25, 0.3) is 0 Å². The Bertz CT molecular complexity index is 943. The van der Waals surface area contributed by atoms with E-state index in [0.29, 0.717) is 11.4 Å². The molecule has 0 fully saturated rings. The number of nitrogen functional groups attached to an aromatic ring is 2. The van der Waals surface area contributed by atoms with Crippen molar-refractivity contribution in [3.05, 3.63) is 95.1 Å². The van der Waals surface area contributed by atoms with Crippen molar-refractivity contribution in [2.24, 2.45) is 0 Å². The van der Waals surface area contributed by atoms with Gasteiger partial charge in [-0.15, -0.1) is 0 Å². The van der Waals surface area contributed by atoms with E-state index in [1.54, 1.807) is 6.07 Å². The van der Waals surface area contributed by atoms with Crippen LogP contribution in [0.2, 0.25) is 0 Å². The largest absolute Gasteiger partial charge is 0.399 e. The fraction of sp³-hybridized carbons (Fsp3) is 0. The van der Waals surface area contributed by atoms with E-state index >= 15 is 0 Å². The van der Waals surface area contributed by atoms with E-state index in [4.69, 9.17) is 11.5 Å². The fourth-order valence-corrected chi connectivity index (χ4v) is 2.20. The Hall–Kier alpha value is -3.62. The molecular formula is C22H16N2. The lowest BCUT2D eigenvalue weighted by Gasteiger charge is -1.97. The van der Waals surface area contributed by atoms with Crippen molar-refractivity contribution < 1.29 is 0 Å². The van der Waals surface area contributed by atoms with Crippen LogP contribution in [0.25, 0.3) is 0 Å². The normalized spacial score (nSPS) is 9.33. The van der Waals surface area contributed by atoms with E-state index in [0.717, 1.165) is 22.3 Å². The van der Waals surface area contributed by atoms with Crippen LogP contribution in [-0.4, -0.2) is 0 Å². The summed E-state index contributed by atoms with van der Waals surface area (Å²) in [6, 6.07) is 23.1. The highest BCUT2D eigenvalue weighted by Crippen LogP contribution is 2.12. The quantitative estimate of drug-likeness (QED) is 0.492. The first-order valence-electron chi connectivity index (χ1n) is 7.54. The topological polar surface area (TPSA) is 52.0 Å². The highest BCUT2D eigenvalue weighted by molar-refractivity contribution is 5.59. The third-order valence-corrected chi connectivity index (χ3v) is 3.34. The molecule has 0 aliphatic carbocycles. The standard InChI is InChI=1S/C22H16N2/c23-21-14-20(15-22(24)16-21)13-12-19-10-8-18(9-11-19)7-6-17-4-2-1-3-5-17/h1-5,8-11,14-16H,23-24H2. The fourth-order valence-electron chi connectivity index (χ4n) is 2.20. The highest BCUT2D eigenvalue weighted by atomic mass is 14.6. The zero-order valence-corrected chi connectivity index (χ0v) is 13.1. The minimum Gasteiger partial charge on any atom is -0.399 e. The van der Waals surface area contributed by atoms with E-state index in [2.05, 4.69) is 23.7 Å². The van der Waals surface area contributed by atoms with Gasteiger partial charge in [-0.1, -0.05) is 41.9 Å². The molecule has 3 aromatic rings. The Labute approximate surface area is 142 Å². The Morgan fingerprint density at radius 3 is 1.38 bits per heavy atom. The molecule has 0 bridgehead atoms. The van der Waals surface area contributed by atoms with Crippen molar-refractivity contribution in [2.45, 2.75) is 0 Å². The zero-order valence-electron chi connectivity index (χ0n) is 13.1. The summed E-state index contributed by atoms with van der Waals surface area (Å²) in [6.45, 7) is 0. The summed E-state index contributed by atoms with van der Waals surface area (Å²) in [5.74, 6) is 12.5. The molecule has 0 saturated carbocycles. The Morgan fingerprint density at radius 1 is 0.458 bits per heavy atom. The van der Waals surface area contributed by atoms with Gasteiger partial charge in [-0.05, 0) is 54.6 Å². The summed E-state index contributed by atoms with van der Waals surface area (Å²) < 4.78 is 0. The van der Waals surface area contributed by atoms with E-state index in [-0.39, 0.29) is 0 Å². The summed E-state index contributed by atoms with van der Waals surface area (Å²) in [4.78, 5) is 0. The second kappa shape index (κ2) is 7.09. The second-order valence-corrected chi connectivity index (χ2v) is 5.33. The molecule has 3 aromatic carbocycles. The lowest BCUT2D eigenvalue weighted by atomic mass is 10.1. The molecule has 3 rings (SSSR count). The van der Waals surface area contributed by atoms with Crippen molar-refractivity contribution in [1.29, 1.82) is 0 Å². The molecule has 114 valence electrons. The van der Waals surface area contributed by atoms with Gasteiger partial charge >= 0.3 is 0 Å². The number of rotatable bonds is 0. The van der Waals surface area contributed by atoms with Gasteiger partial charge in [0, 0.05) is 33.6 Å². The predicted octanol–water partition coefficient (Wildman–Crippen LogP) is 3.65. The number of hydrogen-bond donors (Lipinski definition) is 2. The number of benzene rings is 3. The van der Waals surface area contributed by atoms with Crippen molar-refractivity contribution >= 4 is 11.4 Å². The van der Waals surface area contributed by atoms with Crippen molar-refractivity contribution in [1.82, 2.24) is 0 Å². The SMILES string of the molecule is Nc1cc(N)cc(C#Cc2ccc(C#Cc3ccccc3)cc2)c1. The molecule has 4 N–H and O–H groups in total. The van der Waals surface area contributed by atoms with E-state index in [1.807, 2.05) is 66.7 Å². The predicted molar refractivity (Wildman–Crippen MR) is 100 cm³/mol. The molecule has 2 nitrogen and oxygen atoms in total. The van der Waals surface area contributed by atoms with Gasteiger partial charge in [0.15, 0.2) is 0 Å². The van der Waals surface area contributed by atoms with Gasteiger partial charge in [0.05, 0.1) is 0 Å². The zero-order chi connectivity index (χ0) is 16.8. The molecule has 0 atom stereocenters. The van der Waals surface area contributed by atoms with Crippen molar-refractivity contribution in [3.8, 4) is 23.7 Å². The Morgan fingerprint density at radius 2 is 0.875 bits per heavy atom. The molecule has 0 aromatic heterocycles. The minimum atomic E-state index is 0.617. The molecular weight excluding hydrogens is 292 g/mol. The molecule has 0 saturated heterocycles. The van der Waals surface area contributed by atoms with Crippen molar-refractivity contribution in [2.75, 3.05) is 11.5 Å². The summed E-state index contributed by atoms with van der Waals surface area (Å²) in [5, 5.41) is 0. The summed E-state index contributed by atoms with van der Waals surface area (Å²) >= 11 is 0. The first-order chi connectivity index (χ1) is 11.7. The molecule has 0 spiro atoms. The van der Waals surface area contributed by atoms with Crippen LogP contribution in [0, 0.1) is 23.7 Å². The summed E-state index contributed by atoms with van der Waals surface area (Å²) in [7, 11) is 0. The molecule has 0 heterocycles. The van der Waals surface area contributed by atoms with E-state index < -0.39 is 0 Å². The third kappa shape index (κ3) is 4.19. The molecule has 24 heavy (non-hydrogen) atoms. The van der Waals surface area contributed by atoms with Gasteiger partial charge < -0.3 is 11.5 Å². The first kappa shape index (κ1) is 15.3. The summed E-state index contributed by atoms with van der Waals surface area (Å²) in [6.07, 6.45) is 0. The van der Waals surface area contributed by atoms with Crippen LogP contribution in [-0.2, 0) is 0 Å². The average Bonchev–Trinajstić information content (AvgIpc) is 2.59. The molecule has 0 amide bonds. The maximum absolute atomic E-state index is 5.77. The second-order valence-electron chi connectivity index (χ2n) is 5.33. The van der Waals surface area contributed by atoms with Crippen LogP contribution in [0.4, 0.5) is 11.4 Å². The molecule has 0 radical (unpaired) electrons. The summed E-state index contributed by atoms with van der Waals surface area (Å²) in [5.41, 5.74) is 16.4. The number of hydrogen-bond acceptors (Lipinski definition) is 2. The number of nitrogens with two attached hydrogens (primary N) is 2. The van der Waals surface area contributed by atoms with Gasteiger partial charge in [-0.2, -0.15) is 0 Å². The first-order valence-corrected chi connectivity index (χ1v) is 7.54. The maximum atomic E-state index is 5.77. The molecule has 0 aliphatic rings. The van der Waals surface area contributed by atoms with Crippen LogP contribution in [0.3, 0.4) is 0 Å². The van der Waals surface area contributed by atoms with Crippen LogP contribution in [0.15, 0.2) is 72.8 Å². The lowest BCUT2D eigenvalue weighted by Crippen LogP contribution is -1.91. The monoisotopic (exact) mass is 308 g/mol. The number of anilines is 2. The minimum absolute atomic E-state index is 0.617. The third-order valence-electron chi connectivity index (χ3n) is 3.34. The van der Waals surface area contributed by atoms with Gasteiger partial charge in [-0.25, -0.2) is 0 Å². The average molecular weight is 308 g/mol. The van der Waals surface area contributed by atoms with Crippen LogP contribution in [0.5, 0.6) is 0 Å². The van der Waals surface area contributed by atoms with Crippen LogP contribution < -0.4 is 11.5 Å². The van der Waals surface area contributed by atoms with Gasteiger partial charge in [-0.3, -0.25) is 0 Å². The highest BCUT2D eigenvalue weighted by Gasteiger charge is 1.93. The molecule has 2 heteroatoms. The van der Waals surface area contributed by atoms with Gasteiger partial charge in [0.1, 0.15) is 0 Å². The maximum Gasteiger partial charge on any atom is 0.0347 e. The van der Waals surface area contributed by atoms with Crippen molar-refractivity contribution in [3.63, 3.8) is 0 Å². The Kier molecular flexibility index (Phi) is 4.52. The molecule has 0 unspecified atom stereocenters. The van der Waals surface area contributed by atoms with Crippen LogP contribution in [0.1, 0.15) is 22.3 Å². The van der Waals surface area contributed by atoms with E-state index in [9.17, 15) is 0 Å². The van der Waals surface area contributed by atoms with Gasteiger partial charge in [0.2, 0.25) is 0 Å². The van der Waals surface area contributed by atoms with Crippen LogP contribution >= 0.6 is 0 Å². The Balaban J connectivity index is 1.76. The lowest BCUT2D eigenvalue weighted by molar-refractivity contribution is 1.58.